The first-order chi connectivity index (χ1) is 12.5. The third-order valence-electron chi connectivity index (χ3n) is 4.43. The number of sulfone groups is 1. The third-order valence-corrected chi connectivity index (χ3v) is 6.28. The fourth-order valence-corrected chi connectivity index (χ4v) is 4.83. The molecule has 0 aromatic heterocycles. The van der Waals surface area contributed by atoms with Crippen LogP contribution in [0.3, 0.4) is 0 Å². The van der Waals surface area contributed by atoms with Crippen LogP contribution in [0.25, 0.3) is 0 Å². The Morgan fingerprint density at radius 3 is 2.73 bits per heavy atom. The highest BCUT2D eigenvalue weighted by Crippen LogP contribution is 2.36. The molecule has 0 atom stereocenters. The molecule has 2 aromatic rings. The summed E-state index contributed by atoms with van der Waals surface area (Å²) in [5.74, 6) is 0.366. The van der Waals surface area contributed by atoms with Crippen LogP contribution in [0, 0.1) is 0 Å². The summed E-state index contributed by atoms with van der Waals surface area (Å²) in [5, 5.41) is 6.19. The van der Waals surface area contributed by atoms with Crippen LogP contribution in [0.4, 0.5) is 5.69 Å². The second kappa shape index (κ2) is 6.10. The van der Waals surface area contributed by atoms with Gasteiger partial charge >= 0.3 is 0 Å². The number of carbonyl (C=O) groups is 1. The maximum absolute atomic E-state index is 13.1. The van der Waals surface area contributed by atoms with Gasteiger partial charge in [-0.1, -0.05) is 12.1 Å². The highest BCUT2D eigenvalue weighted by molar-refractivity contribution is 7.91. The molecule has 2 N–H and O–H groups in total. The molecular weight excluding hydrogens is 350 g/mol. The van der Waals surface area contributed by atoms with Crippen molar-refractivity contribution >= 4 is 27.1 Å². The Labute approximate surface area is 151 Å². The van der Waals surface area contributed by atoms with Crippen LogP contribution in [0.1, 0.15) is 21.5 Å². The molecule has 6 nitrogen and oxygen atoms in total. The van der Waals surface area contributed by atoms with Crippen LogP contribution in [0.15, 0.2) is 63.8 Å². The van der Waals surface area contributed by atoms with Gasteiger partial charge in [0.1, 0.15) is 5.84 Å². The maximum atomic E-state index is 13.1. The molecule has 0 aliphatic carbocycles. The van der Waals surface area contributed by atoms with E-state index in [-0.39, 0.29) is 26.7 Å². The average molecular weight is 367 g/mol. The molecule has 2 aliphatic heterocycles. The molecule has 132 valence electrons. The van der Waals surface area contributed by atoms with Crippen molar-refractivity contribution in [3.05, 3.63) is 65.7 Å². The van der Waals surface area contributed by atoms with Gasteiger partial charge in [-0.2, -0.15) is 0 Å². The molecule has 2 aromatic carbocycles. The van der Waals surface area contributed by atoms with Crippen molar-refractivity contribution in [2.24, 2.45) is 4.99 Å². The van der Waals surface area contributed by atoms with Gasteiger partial charge in [-0.05, 0) is 30.3 Å². The lowest BCUT2D eigenvalue weighted by Gasteiger charge is -2.20. The van der Waals surface area contributed by atoms with Crippen molar-refractivity contribution in [1.82, 2.24) is 5.32 Å². The summed E-state index contributed by atoms with van der Waals surface area (Å²) in [4.78, 5) is 17.3. The number of hydrogen-bond donors (Lipinski definition) is 2. The minimum absolute atomic E-state index is 0.0377. The highest BCUT2D eigenvalue weighted by Gasteiger charge is 2.35. The van der Waals surface area contributed by atoms with E-state index in [1.165, 1.54) is 12.1 Å². The lowest BCUT2D eigenvalue weighted by molar-refractivity contribution is 0.103. The Balaban J connectivity index is 1.84. The Bertz CT molecular complexity index is 1070. The fraction of sp³-hybridized carbons (Fsp3) is 0.158. The molecule has 0 bridgehead atoms. The fourth-order valence-electron chi connectivity index (χ4n) is 3.18. The van der Waals surface area contributed by atoms with Crippen LogP contribution in [0.5, 0.6) is 0 Å². The van der Waals surface area contributed by atoms with Crippen molar-refractivity contribution < 1.29 is 13.2 Å². The molecule has 0 radical (unpaired) electrons. The van der Waals surface area contributed by atoms with Crippen LogP contribution in [-0.2, 0) is 9.84 Å². The van der Waals surface area contributed by atoms with Gasteiger partial charge in [0, 0.05) is 35.5 Å². The number of nitrogens with one attached hydrogen (secondary N) is 2. The van der Waals surface area contributed by atoms with Gasteiger partial charge in [-0.15, -0.1) is 6.58 Å². The minimum Gasteiger partial charge on any atom is -0.382 e. The topological polar surface area (TPSA) is 87.6 Å². The molecule has 0 spiro atoms. The van der Waals surface area contributed by atoms with E-state index in [1.807, 2.05) is 0 Å². The first-order valence-electron chi connectivity index (χ1n) is 8.24. The molecule has 0 saturated heterocycles. The average Bonchev–Trinajstić information content (AvgIpc) is 3.19. The summed E-state index contributed by atoms with van der Waals surface area (Å²) in [5.41, 5.74) is 1.73. The third kappa shape index (κ3) is 2.52. The Morgan fingerprint density at radius 2 is 2.00 bits per heavy atom. The van der Waals surface area contributed by atoms with E-state index in [0.29, 0.717) is 30.2 Å². The van der Waals surface area contributed by atoms with Crippen LogP contribution >= 0.6 is 0 Å². The minimum atomic E-state index is -3.78. The molecule has 0 unspecified atom stereocenters. The first-order valence-corrected chi connectivity index (χ1v) is 9.72. The predicted molar refractivity (Wildman–Crippen MR) is 99.9 cm³/mol. The Hall–Kier alpha value is -2.93. The Morgan fingerprint density at radius 1 is 1.15 bits per heavy atom. The zero-order valence-electron chi connectivity index (χ0n) is 14.0. The zero-order valence-corrected chi connectivity index (χ0v) is 14.8. The number of carbonyl (C=O) groups excluding carboxylic acids is 1. The molecule has 7 heteroatoms. The number of aliphatic imine (C=N–C) groups is 1. The molecule has 0 fully saturated rings. The quantitative estimate of drug-likeness (QED) is 0.689. The summed E-state index contributed by atoms with van der Waals surface area (Å²) in [6.45, 7) is 5.53. The van der Waals surface area contributed by atoms with E-state index < -0.39 is 9.84 Å². The summed E-state index contributed by atoms with van der Waals surface area (Å²) < 4.78 is 26.2. The lowest BCUT2D eigenvalue weighted by atomic mass is 10.00. The van der Waals surface area contributed by atoms with Gasteiger partial charge in [-0.3, -0.25) is 9.79 Å². The monoisotopic (exact) mass is 367 g/mol. The van der Waals surface area contributed by atoms with Crippen molar-refractivity contribution in [3.63, 3.8) is 0 Å². The highest BCUT2D eigenvalue weighted by atomic mass is 32.2. The number of benzene rings is 2. The number of ketones is 1. The van der Waals surface area contributed by atoms with Crippen molar-refractivity contribution in [2.45, 2.75) is 9.79 Å². The van der Waals surface area contributed by atoms with Gasteiger partial charge in [0.2, 0.25) is 9.84 Å². The lowest BCUT2D eigenvalue weighted by Crippen LogP contribution is -2.23. The summed E-state index contributed by atoms with van der Waals surface area (Å²) >= 11 is 0. The Kier molecular flexibility index (Phi) is 3.88. The summed E-state index contributed by atoms with van der Waals surface area (Å²) in [7, 11) is -3.78. The number of amidine groups is 1. The molecule has 26 heavy (non-hydrogen) atoms. The predicted octanol–water partition coefficient (Wildman–Crippen LogP) is 2.01. The van der Waals surface area contributed by atoms with E-state index in [4.69, 9.17) is 0 Å². The normalized spacial score (nSPS) is 16.9. The number of hydrogen-bond acceptors (Lipinski definition) is 6. The van der Waals surface area contributed by atoms with Gasteiger partial charge in [0.25, 0.3) is 0 Å². The molecular formula is C19H17N3O3S. The van der Waals surface area contributed by atoms with E-state index >= 15 is 0 Å². The number of fused-ring (bicyclic) bond motifs is 2. The second-order valence-electron chi connectivity index (χ2n) is 6.08. The number of nitrogens with zero attached hydrogens (tertiary/aromatic N) is 1. The zero-order chi connectivity index (χ0) is 18.3. The molecule has 2 heterocycles. The van der Waals surface area contributed by atoms with E-state index in [2.05, 4.69) is 22.2 Å². The molecule has 0 saturated carbocycles. The largest absolute Gasteiger partial charge is 0.382 e. The van der Waals surface area contributed by atoms with Gasteiger partial charge in [0.15, 0.2) is 5.78 Å². The van der Waals surface area contributed by atoms with Crippen LogP contribution < -0.4 is 10.6 Å². The van der Waals surface area contributed by atoms with E-state index in [1.54, 1.807) is 30.3 Å². The van der Waals surface area contributed by atoms with E-state index in [9.17, 15) is 13.2 Å². The maximum Gasteiger partial charge on any atom is 0.208 e. The van der Waals surface area contributed by atoms with Gasteiger partial charge < -0.3 is 10.6 Å². The second-order valence-corrected chi connectivity index (χ2v) is 7.97. The van der Waals surface area contributed by atoms with Crippen molar-refractivity contribution in [3.8, 4) is 0 Å². The van der Waals surface area contributed by atoms with Crippen LogP contribution in [-0.4, -0.2) is 39.7 Å². The number of rotatable bonds is 4. The van der Waals surface area contributed by atoms with Crippen molar-refractivity contribution in [2.75, 3.05) is 25.0 Å². The molecule has 0 amide bonds. The van der Waals surface area contributed by atoms with E-state index in [0.717, 1.165) is 6.54 Å². The standard InChI is InChI=1S/C19H17N3O3S/c1-2-7-20-13-4-6-16-15(11-13)18(23)14-5-3-12(19-21-8-9-22-19)10-17(14)26(16,24)25/h2-6,10-11,20H,1,7-9H2,(H,21,22). The number of anilines is 1. The molecule has 4 rings (SSSR count). The van der Waals surface area contributed by atoms with Gasteiger partial charge in [0.05, 0.1) is 16.3 Å². The smallest absolute Gasteiger partial charge is 0.208 e. The molecule has 2 aliphatic rings. The van der Waals surface area contributed by atoms with Gasteiger partial charge in [-0.25, -0.2) is 8.42 Å². The first kappa shape index (κ1) is 16.5. The SMILES string of the molecule is C=CCNc1ccc2c(c1)C(=O)c1ccc(C3=NCCN3)cc1S2(=O)=O. The summed E-state index contributed by atoms with van der Waals surface area (Å²) in [6, 6.07) is 9.55. The van der Waals surface area contributed by atoms with Crippen molar-refractivity contribution in [1.29, 1.82) is 0 Å². The van der Waals surface area contributed by atoms with Crippen LogP contribution in [0.2, 0.25) is 0 Å². The summed E-state index contributed by atoms with van der Waals surface area (Å²) in [6.07, 6.45) is 1.69.